The van der Waals surface area contributed by atoms with Crippen LogP contribution in [0.15, 0.2) is 24.3 Å². The average Bonchev–Trinajstić information content (AvgIpc) is 2.96. The summed E-state index contributed by atoms with van der Waals surface area (Å²) >= 11 is 1.58. The molecule has 6 heteroatoms. The molecule has 0 saturated heterocycles. The molecule has 1 amide bonds. The molecule has 1 heterocycles. The van der Waals surface area contributed by atoms with Crippen molar-refractivity contribution in [2.45, 2.75) is 32.6 Å². The van der Waals surface area contributed by atoms with Gasteiger partial charge in [0.2, 0.25) is 0 Å². The minimum atomic E-state index is -0.190. The molecule has 0 unspecified atom stereocenters. The van der Waals surface area contributed by atoms with E-state index in [4.69, 9.17) is 9.47 Å². The van der Waals surface area contributed by atoms with Gasteiger partial charge in [-0.05, 0) is 56.9 Å². The molecule has 0 bridgehead atoms. The molecule has 1 aromatic heterocycles. The minimum Gasteiger partial charge on any atom is -0.494 e. The summed E-state index contributed by atoms with van der Waals surface area (Å²) < 4.78 is 10.8. The van der Waals surface area contributed by atoms with Crippen molar-refractivity contribution in [3.05, 3.63) is 34.8 Å². The molecule has 5 nitrogen and oxygen atoms in total. The van der Waals surface area contributed by atoms with Gasteiger partial charge in [0.1, 0.15) is 11.5 Å². The number of amides is 1. The van der Waals surface area contributed by atoms with Crippen LogP contribution in [-0.2, 0) is 17.6 Å². The summed E-state index contributed by atoms with van der Waals surface area (Å²) in [5, 5.41) is 3.50. The van der Waals surface area contributed by atoms with Crippen LogP contribution in [0.3, 0.4) is 0 Å². The number of rotatable bonds is 6. The lowest BCUT2D eigenvalue weighted by Gasteiger charge is -2.07. The van der Waals surface area contributed by atoms with Gasteiger partial charge in [-0.2, -0.15) is 0 Å². The molecule has 0 fully saturated rings. The first-order valence-electron chi connectivity index (χ1n) is 7.88. The number of nitrogens with zero attached hydrogens (tertiary/aromatic N) is 1. The van der Waals surface area contributed by atoms with E-state index in [2.05, 4.69) is 10.3 Å². The number of aryl methyl sites for hydroxylation is 2. The third-order valence-electron chi connectivity index (χ3n) is 3.60. The van der Waals surface area contributed by atoms with E-state index in [0.717, 1.165) is 24.3 Å². The predicted octanol–water partition coefficient (Wildman–Crippen LogP) is 3.44. The van der Waals surface area contributed by atoms with Crippen LogP contribution in [0, 0.1) is 0 Å². The molecule has 2 aromatic rings. The van der Waals surface area contributed by atoms with Crippen molar-refractivity contribution >= 4 is 22.4 Å². The van der Waals surface area contributed by atoms with Gasteiger partial charge in [0.15, 0.2) is 11.7 Å². The van der Waals surface area contributed by atoms with Crippen LogP contribution in [0.2, 0.25) is 0 Å². The summed E-state index contributed by atoms with van der Waals surface area (Å²) in [6.45, 7) is 2.53. The Bertz CT molecular complexity index is 643. The molecule has 0 atom stereocenters. The van der Waals surface area contributed by atoms with Gasteiger partial charge in [0, 0.05) is 4.88 Å². The Morgan fingerprint density at radius 3 is 2.57 bits per heavy atom. The van der Waals surface area contributed by atoms with E-state index in [1.165, 1.54) is 17.7 Å². The second kappa shape index (κ2) is 7.46. The van der Waals surface area contributed by atoms with Crippen molar-refractivity contribution in [2.75, 3.05) is 18.5 Å². The molecule has 1 aliphatic carbocycles. The number of hydrogen-bond acceptors (Lipinski definition) is 5. The van der Waals surface area contributed by atoms with Gasteiger partial charge < -0.3 is 9.47 Å². The first kappa shape index (κ1) is 15.8. The number of aromatic nitrogens is 1. The molecule has 3 rings (SSSR count). The zero-order valence-electron chi connectivity index (χ0n) is 13.1. The van der Waals surface area contributed by atoms with Crippen molar-refractivity contribution in [3.8, 4) is 11.5 Å². The minimum absolute atomic E-state index is 0.0295. The number of nitrogens with one attached hydrogen (secondary N) is 1. The fourth-order valence-electron chi connectivity index (χ4n) is 2.51. The van der Waals surface area contributed by atoms with E-state index in [-0.39, 0.29) is 12.5 Å². The number of carbonyl (C=O) groups is 1. The Morgan fingerprint density at radius 2 is 1.87 bits per heavy atom. The van der Waals surface area contributed by atoms with Gasteiger partial charge in [0.05, 0.1) is 12.3 Å². The third kappa shape index (κ3) is 4.22. The molecule has 1 aromatic carbocycles. The van der Waals surface area contributed by atoms with Crippen molar-refractivity contribution in [1.29, 1.82) is 0 Å². The average molecular weight is 332 g/mol. The molecule has 0 saturated carbocycles. The van der Waals surface area contributed by atoms with Crippen LogP contribution in [0.25, 0.3) is 0 Å². The normalized spacial score (nSPS) is 13.3. The summed E-state index contributed by atoms with van der Waals surface area (Å²) in [5.74, 6) is 1.24. The second-order valence-electron chi connectivity index (χ2n) is 5.34. The Morgan fingerprint density at radius 1 is 1.17 bits per heavy atom. The maximum absolute atomic E-state index is 12.0. The molecule has 0 radical (unpaired) electrons. The fourth-order valence-corrected chi connectivity index (χ4v) is 3.57. The Labute approximate surface area is 139 Å². The largest absolute Gasteiger partial charge is 0.494 e. The topological polar surface area (TPSA) is 60.5 Å². The van der Waals surface area contributed by atoms with Crippen molar-refractivity contribution in [3.63, 3.8) is 0 Å². The summed E-state index contributed by atoms with van der Waals surface area (Å²) in [5.41, 5.74) is 1.14. The maximum Gasteiger partial charge on any atom is 0.264 e. The highest BCUT2D eigenvalue weighted by molar-refractivity contribution is 7.15. The van der Waals surface area contributed by atoms with Crippen LogP contribution in [0.5, 0.6) is 11.5 Å². The third-order valence-corrected chi connectivity index (χ3v) is 4.67. The Hall–Kier alpha value is -2.08. The van der Waals surface area contributed by atoms with Gasteiger partial charge in [-0.3, -0.25) is 10.1 Å². The Kier molecular flexibility index (Phi) is 5.12. The van der Waals surface area contributed by atoms with Crippen LogP contribution in [0.4, 0.5) is 5.13 Å². The lowest BCUT2D eigenvalue weighted by molar-refractivity contribution is -0.118. The highest BCUT2D eigenvalue weighted by Gasteiger charge is 2.16. The lowest BCUT2D eigenvalue weighted by Crippen LogP contribution is -2.20. The quantitative estimate of drug-likeness (QED) is 0.880. The Balaban J connectivity index is 1.50. The first-order chi connectivity index (χ1) is 11.2. The zero-order valence-corrected chi connectivity index (χ0v) is 13.9. The molecule has 0 aliphatic heterocycles. The summed E-state index contributed by atoms with van der Waals surface area (Å²) in [7, 11) is 0. The molecule has 0 spiro atoms. The SMILES string of the molecule is CCOc1ccc(OCC(=O)Nc2nc3c(s2)CCCC3)cc1. The molecule has 122 valence electrons. The predicted molar refractivity (Wildman–Crippen MR) is 90.5 cm³/mol. The van der Waals surface area contributed by atoms with Crippen molar-refractivity contribution < 1.29 is 14.3 Å². The van der Waals surface area contributed by atoms with Crippen LogP contribution in [-0.4, -0.2) is 24.1 Å². The van der Waals surface area contributed by atoms with E-state index in [9.17, 15) is 4.79 Å². The number of hydrogen-bond donors (Lipinski definition) is 1. The van der Waals surface area contributed by atoms with E-state index in [1.54, 1.807) is 23.5 Å². The van der Waals surface area contributed by atoms with Gasteiger partial charge in [0.25, 0.3) is 5.91 Å². The van der Waals surface area contributed by atoms with Gasteiger partial charge >= 0.3 is 0 Å². The molecular weight excluding hydrogens is 312 g/mol. The van der Waals surface area contributed by atoms with Gasteiger partial charge in [-0.15, -0.1) is 11.3 Å². The van der Waals surface area contributed by atoms with Crippen LogP contribution in [0.1, 0.15) is 30.3 Å². The summed E-state index contributed by atoms with van der Waals surface area (Å²) in [6.07, 6.45) is 4.49. The number of fused-ring (bicyclic) bond motifs is 1. The number of benzene rings is 1. The number of thiazole rings is 1. The zero-order chi connectivity index (χ0) is 16.1. The van der Waals surface area contributed by atoms with Crippen LogP contribution >= 0.6 is 11.3 Å². The van der Waals surface area contributed by atoms with E-state index in [1.807, 2.05) is 19.1 Å². The van der Waals surface area contributed by atoms with E-state index >= 15 is 0 Å². The number of carbonyl (C=O) groups excluding carboxylic acids is 1. The lowest BCUT2D eigenvalue weighted by atomic mass is 10.0. The van der Waals surface area contributed by atoms with Crippen LogP contribution < -0.4 is 14.8 Å². The fraction of sp³-hybridized carbons (Fsp3) is 0.412. The molecule has 1 N–H and O–H groups in total. The highest BCUT2D eigenvalue weighted by Crippen LogP contribution is 2.29. The number of ether oxygens (including phenoxy) is 2. The summed E-state index contributed by atoms with van der Waals surface area (Å²) in [6, 6.07) is 7.23. The molecule has 1 aliphatic rings. The van der Waals surface area contributed by atoms with E-state index in [0.29, 0.717) is 17.5 Å². The smallest absolute Gasteiger partial charge is 0.264 e. The number of anilines is 1. The standard InChI is InChI=1S/C17H20N2O3S/c1-2-21-12-7-9-13(10-8-12)22-11-16(20)19-17-18-14-5-3-4-6-15(14)23-17/h7-10H,2-6,11H2,1H3,(H,18,19,20). The van der Waals surface area contributed by atoms with Gasteiger partial charge in [-0.1, -0.05) is 0 Å². The molecule has 23 heavy (non-hydrogen) atoms. The van der Waals surface area contributed by atoms with Crippen molar-refractivity contribution in [2.24, 2.45) is 0 Å². The van der Waals surface area contributed by atoms with Gasteiger partial charge in [-0.25, -0.2) is 4.98 Å². The van der Waals surface area contributed by atoms with Crippen molar-refractivity contribution in [1.82, 2.24) is 4.98 Å². The highest BCUT2D eigenvalue weighted by atomic mass is 32.1. The maximum atomic E-state index is 12.0. The first-order valence-corrected chi connectivity index (χ1v) is 8.70. The summed E-state index contributed by atoms with van der Waals surface area (Å²) in [4.78, 5) is 17.8. The monoisotopic (exact) mass is 332 g/mol. The molecular formula is C17H20N2O3S. The van der Waals surface area contributed by atoms with E-state index < -0.39 is 0 Å². The second-order valence-corrected chi connectivity index (χ2v) is 6.42.